The average Bonchev–Trinajstić information content (AvgIpc) is 2.48. The molecule has 112 valence electrons. The fourth-order valence-corrected chi connectivity index (χ4v) is 2.46. The molecule has 3 heteroatoms. The summed E-state index contributed by atoms with van der Waals surface area (Å²) in [6.45, 7) is 8.73. The van der Waals surface area contributed by atoms with Crippen molar-refractivity contribution >= 4 is 9.03 Å². The fourth-order valence-electron chi connectivity index (χ4n) is 1.96. The van der Waals surface area contributed by atoms with Crippen molar-refractivity contribution in [2.45, 2.75) is 39.5 Å². The van der Waals surface area contributed by atoms with E-state index in [9.17, 15) is 0 Å². The van der Waals surface area contributed by atoms with Gasteiger partial charge in [-0.3, -0.25) is 0 Å². The van der Waals surface area contributed by atoms with Gasteiger partial charge in [-0.15, -0.1) is 0 Å². The van der Waals surface area contributed by atoms with Gasteiger partial charge in [0.25, 0.3) is 9.03 Å². The molecule has 0 radical (unpaired) electrons. The molecule has 0 aliphatic heterocycles. The fraction of sp³-hybridized carbons (Fsp3) is 0.333. The van der Waals surface area contributed by atoms with Gasteiger partial charge in [0.05, 0.1) is 0 Å². The zero-order valence-corrected chi connectivity index (χ0v) is 14.1. The van der Waals surface area contributed by atoms with Crippen LogP contribution in [-0.4, -0.2) is 0 Å². The Labute approximate surface area is 129 Å². The van der Waals surface area contributed by atoms with Crippen molar-refractivity contribution in [1.82, 2.24) is 0 Å². The maximum Gasteiger partial charge on any atom is 0.275 e. The lowest BCUT2D eigenvalue weighted by Crippen LogP contribution is -1.89. The molecule has 0 bridgehead atoms. The Kier molecular flexibility index (Phi) is 5.64. The van der Waals surface area contributed by atoms with Gasteiger partial charge in [-0.2, -0.15) is 0 Å². The SMILES string of the molecule is CC(C)c1ccc(OPOc2ccc(C(C)C)cc2)cc1. The minimum Gasteiger partial charge on any atom is -0.441 e. The van der Waals surface area contributed by atoms with E-state index in [1.54, 1.807) is 0 Å². The molecule has 0 saturated heterocycles. The van der Waals surface area contributed by atoms with Crippen LogP contribution >= 0.6 is 9.03 Å². The summed E-state index contributed by atoms with van der Waals surface area (Å²) in [5.41, 5.74) is 2.63. The van der Waals surface area contributed by atoms with Crippen LogP contribution in [0.4, 0.5) is 0 Å². The van der Waals surface area contributed by atoms with Crippen LogP contribution in [0, 0.1) is 0 Å². The second-order valence-corrected chi connectivity index (χ2v) is 6.31. The summed E-state index contributed by atoms with van der Waals surface area (Å²) in [6.07, 6.45) is 0. The van der Waals surface area contributed by atoms with E-state index >= 15 is 0 Å². The van der Waals surface area contributed by atoms with E-state index in [1.165, 1.54) is 11.1 Å². The molecule has 2 nitrogen and oxygen atoms in total. The molecule has 0 N–H and O–H groups in total. The molecule has 0 unspecified atom stereocenters. The van der Waals surface area contributed by atoms with E-state index in [2.05, 4.69) is 52.0 Å². The Bertz CT molecular complexity index is 493. The number of benzene rings is 2. The van der Waals surface area contributed by atoms with Crippen LogP contribution in [0.1, 0.15) is 50.7 Å². The molecule has 0 saturated carbocycles. The lowest BCUT2D eigenvalue weighted by atomic mass is 10.0. The van der Waals surface area contributed by atoms with E-state index in [-0.39, 0.29) is 9.03 Å². The van der Waals surface area contributed by atoms with Gasteiger partial charge in [-0.05, 0) is 47.2 Å². The third-order valence-corrected chi connectivity index (χ3v) is 4.05. The van der Waals surface area contributed by atoms with Crippen molar-refractivity contribution in [1.29, 1.82) is 0 Å². The van der Waals surface area contributed by atoms with Crippen LogP contribution in [-0.2, 0) is 0 Å². The van der Waals surface area contributed by atoms with E-state index in [1.807, 2.05) is 24.3 Å². The summed E-state index contributed by atoms with van der Waals surface area (Å²) in [6, 6.07) is 16.4. The monoisotopic (exact) mass is 302 g/mol. The largest absolute Gasteiger partial charge is 0.441 e. The van der Waals surface area contributed by atoms with Crippen molar-refractivity contribution in [2.24, 2.45) is 0 Å². The molecule has 2 rings (SSSR count). The molecule has 2 aromatic carbocycles. The highest BCUT2D eigenvalue weighted by atomic mass is 31.1. The predicted octanol–water partition coefficient (Wildman–Crippen LogP) is 5.90. The van der Waals surface area contributed by atoms with Crippen molar-refractivity contribution < 1.29 is 9.05 Å². The second-order valence-electron chi connectivity index (χ2n) is 5.73. The van der Waals surface area contributed by atoms with Gasteiger partial charge in [-0.25, -0.2) is 0 Å². The molecule has 0 atom stereocenters. The van der Waals surface area contributed by atoms with Crippen molar-refractivity contribution in [2.75, 3.05) is 0 Å². The van der Waals surface area contributed by atoms with Gasteiger partial charge >= 0.3 is 0 Å². The first-order valence-corrected chi connectivity index (χ1v) is 8.16. The summed E-state index contributed by atoms with van der Waals surface area (Å²) in [5.74, 6) is 2.77. The summed E-state index contributed by atoms with van der Waals surface area (Å²) >= 11 is 0. The molecule has 0 fully saturated rings. The standard InChI is InChI=1S/C18H23O2P/c1-13(2)15-5-9-17(10-6-15)19-21-20-18-11-7-16(8-12-18)14(3)4/h5-14,21H,1-4H3. The molecule has 21 heavy (non-hydrogen) atoms. The maximum atomic E-state index is 5.63. The van der Waals surface area contributed by atoms with E-state index in [0.29, 0.717) is 11.8 Å². The van der Waals surface area contributed by atoms with Gasteiger partial charge in [0, 0.05) is 0 Å². The van der Waals surface area contributed by atoms with Gasteiger partial charge in [0.2, 0.25) is 0 Å². The molecule has 0 aliphatic carbocycles. The van der Waals surface area contributed by atoms with Crippen LogP contribution in [0.2, 0.25) is 0 Å². The van der Waals surface area contributed by atoms with Crippen LogP contribution in [0.5, 0.6) is 11.5 Å². The molecule has 0 aromatic heterocycles. The Balaban J connectivity index is 1.83. The first-order valence-electron chi connectivity index (χ1n) is 7.35. The van der Waals surface area contributed by atoms with Crippen molar-refractivity contribution in [3.63, 3.8) is 0 Å². The van der Waals surface area contributed by atoms with Crippen molar-refractivity contribution in [3.8, 4) is 11.5 Å². The number of hydrogen-bond acceptors (Lipinski definition) is 2. The van der Waals surface area contributed by atoms with E-state index < -0.39 is 0 Å². The minimum absolute atomic E-state index is 0.0303. The molecule has 0 spiro atoms. The smallest absolute Gasteiger partial charge is 0.275 e. The summed E-state index contributed by atoms with van der Waals surface area (Å²) in [7, 11) is -0.0303. The van der Waals surface area contributed by atoms with Crippen LogP contribution in [0.15, 0.2) is 48.5 Å². The van der Waals surface area contributed by atoms with Crippen molar-refractivity contribution in [3.05, 3.63) is 59.7 Å². The molecule has 0 heterocycles. The molecule has 0 aliphatic rings. The summed E-state index contributed by atoms with van der Waals surface area (Å²) in [5, 5.41) is 0. The van der Waals surface area contributed by atoms with Crippen LogP contribution in [0.25, 0.3) is 0 Å². The van der Waals surface area contributed by atoms with E-state index in [0.717, 1.165) is 11.5 Å². The highest BCUT2D eigenvalue weighted by Gasteiger charge is 2.02. The van der Waals surface area contributed by atoms with E-state index in [4.69, 9.17) is 9.05 Å². The third-order valence-electron chi connectivity index (χ3n) is 3.41. The third kappa shape index (κ3) is 4.75. The highest BCUT2D eigenvalue weighted by molar-refractivity contribution is 7.27. The van der Waals surface area contributed by atoms with Gasteiger partial charge in [0.1, 0.15) is 11.5 Å². The number of rotatable bonds is 6. The highest BCUT2D eigenvalue weighted by Crippen LogP contribution is 2.27. The Morgan fingerprint density at radius 3 is 1.24 bits per heavy atom. The lowest BCUT2D eigenvalue weighted by molar-refractivity contribution is 0.515. The first kappa shape index (κ1) is 15.9. The lowest BCUT2D eigenvalue weighted by Gasteiger charge is -2.10. The minimum atomic E-state index is -0.0303. The molecular weight excluding hydrogens is 279 g/mol. The van der Waals surface area contributed by atoms with Crippen LogP contribution < -0.4 is 9.05 Å². The Morgan fingerprint density at radius 1 is 0.619 bits per heavy atom. The molecule has 2 aromatic rings. The number of hydrogen-bond donors (Lipinski definition) is 0. The zero-order chi connectivity index (χ0) is 15.2. The topological polar surface area (TPSA) is 18.5 Å². The molecule has 0 amide bonds. The Hall–Kier alpha value is -1.53. The zero-order valence-electron chi connectivity index (χ0n) is 13.1. The predicted molar refractivity (Wildman–Crippen MR) is 90.6 cm³/mol. The first-order chi connectivity index (χ1) is 10.1. The maximum absolute atomic E-state index is 5.63. The van der Waals surface area contributed by atoms with Crippen LogP contribution in [0.3, 0.4) is 0 Å². The van der Waals surface area contributed by atoms with Gasteiger partial charge in [-0.1, -0.05) is 52.0 Å². The normalized spacial score (nSPS) is 11.0. The average molecular weight is 302 g/mol. The Morgan fingerprint density at radius 2 is 0.952 bits per heavy atom. The summed E-state index contributed by atoms with van der Waals surface area (Å²) < 4.78 is 11.3. The van der Waals surface area contributed by atoms with Gasteiger partial charge in [0.15, 0.2) is 0 Å². The molecular formula is C18H23O2P. The second kappa shape index (κ2) is 7.47. The summed E-state index contributed by atoms with van der Waals surface area (Å²) in [4.78, 5) is 0. The van der Waals surface area contributed by atoms with Gasteiger partial charge < -0.3 is 9.05 Å². The quantitative estimate of drug-likeness (QED) is 0.618.